The standard InChI is InChI=1S/C31H34N4O3/c1-21-8-6-9-22(2)29(21)27-19-24(12-13-28(27)38-5)30-34(37)20-23(3)35(30)26-11-7-10-25(18-26)31(36)33-16-14-32(4)15-17-33/h6-13,18-20H,14-17H2,1-5H3. The van der Waals surface area contributed by atoms with Crippen LogP contribution in [0.15, 0.2) is 66.9 Å². The van der Waals surface area contributed by atoms with Gasteiger partial charge in [0.25, 0.3) is 11.7 Å². The first-order valence-corrected chi connectivity index (χ1v) is 12.9. The lowest BCUT2D eigenvalue weighted by atomic mass is 9.93. The summed E-state index contributed by atoms with van der Waals surface area (Å²) in [6, 6.07) is 19.6. The highest BCUT2D eigenvalue weighted by Gasteiger charge is 2.26. The van der Waals surface area contributed by atoms with Crippen LogP contribution in [0, 0.1) is 26.0 Å². The summed E-state index contributed by atoms with van der Waals surface area (Å²) in [5, 5.41) is 13.3. The van der Waals surface area contributed by atoms with Gasteiger partial charge in [-0.25, -0.2) is 4.73 Å². The van der Waals surface area contributed by atoms with E-state index in [-0.39, 0.29) is 5.91 Å². The predicted octanol–water partition coefficient (Wildman–Crippen LogP) is 4.77. The fourth-order valence-electron chi connectivity index (χ4n) is 5.39. The molecule has 196 valence electrons. The maximum atomic E-state index is 13.3. The number of imidazole rings is 1. The topological polar surface area (TPSA) is 64.7 Å². The van der Waals surface area contributed by atoms with E-state index in [1.54, 1.807) is 13.3 Å². The molecule has 1 aliphatic heterocycles. The van der Waals surface area contributed by atoms with Crippen LogP contribution < -0.4 is 9.47 Å². The number of hydrogen-bond donors (Lipinski definition) is 0. The molecule has 38 heavy (non-hydrogen) atoms. The zero-order valence-corrected chi connectivity index (χ0v) is 22.7. The number of benzene rings is 3. The van der Waals surface area contributed by atoms with Crippen LogP contribution in [-0.2, 0) is 0 Å². The van der Waals surface area contributed by atoms with Gasteiger partial charge in [-0.3, -0.25) is 4.79 Å². The van der Waals surface area contributed by atoms with Crippen molar-refractivity contribution in [1.29, 1.82) is 0 Å². The number of rotatable bonds is 5. The van der Waals surface area contributed by atoms with Gasteiger partial charge in [0.1, 0.15) is 23.3 Å². The van der Waals surface area contributed by atoms with E-state index in [1.807, 2.05) is 64.9 Å². The first-order valence-electron chi connectivity index (χ1n) is 12.9. The van der Waals surface area contributed by atoms with Crippen molar-refractivity contribution in [1.82, 2.24) is 14.4 Å². The molecule has 7 nitrogen and oxygen atoms in total. The van der Waals surface area contributed by atoms with Crippen molar-refractivity contribution in [3.63, 3.8) is 0 Å². The van der Waals surface area contributed by atoms with E-state index >= 15 is 0 Å². The average molecular weight is 511 g/mol. The normalized spacial score (nSPS) is 14.1. The molecule has 3 aromatic carbocycles. The van der Waals surface area contributed by atoms with Crippen LogP contribution >= 0.6 is 0 Å². The van der Waals surface area contributed by atoms with Gasteiger partial charge in [-0.1, -0.05) is 24.3 Å². The van der Waals surface area contributed by atoms with E-state index in [1.165, 1.54) is 0 Å². The number of ether oxygens (including phenoxy) is 1. The van der Waals surface area contributed by atoms with Crippen LogP contribution in [0.4, 0.5) is 0 Å². The number of aromatic nitrogens is 2. The van der Waals surface area contributed by atoms with E-state index in [0.717, 1.165) is 62.8 Å². The second kappa shape index (κ2) is 10.3. The molecule has 0 N–H and O–H groups in total. The van der Waals surface area contributed by atoms with E-state index in [9.17, 15) is 10.0 Å². The molecule has 1 aliphatic rings. The van der Waals surface area contributed by atoms with Crippen LogP contribution in [-0.4, -0.2) is 60.6 Å². The number of likely N-dealkylation sites (N-methyl/N-ethyl adjacent to an activating group) is 1. The molecule has 0 spiro atoms. The van der Waals surface area contributed by atoms with E-state index in [4.69, 9.17) is 4.74 Å². The number of carbonyl (C=O) groups excluding carboxylic acids is 1. The Labute approximate surface area is 224 Å². The third-order valence-electron chi connectivity index (χ3n) is 7.43. The Morgan fingerprint density at radius 2 is 1.61 bits per heavy atom. The summed E-state index contributed by atoms with van der Waals surface area (Å²) >= 11 is 0. The van der Waals surface area contributed by atoms with Crippen LogP contribution in [0.25, 0.3) is 28.2 Å². The van der Waals surface area contributed by atoms with Gasteiger partial charge in [-0.2, -0.15) is 4.57 Å². The van der Waals surface area contributed by atoms with Gasteiger partial charge >= 0.3 is 0 Å². The number of hydrogen-bond acceptors (Lipinski definition) is 4. The molecule has 0 saturated carbocycles. The van der Waals surface area contributed by atoms with Gasteiger partial charge < -0.3 is 19.7 Å². The largest absolute Gasteiger partial charge is 0.710 e. The summed E-state index contributed by atoms with van der Waals surface area (Å²) in [5.74, 6) is 1.25. The SMILES string of the molecule is COc1ccc(-c2n(-c3cccc(C(=O)N4CCN(C)CC4)c3)c(C)c[n+]2[O-])cc1-c1c(C)cccc1C. The first kappa shape index (κ1) is 25.5. The third kappa shape index (κ3) is 4.65. The van der Waals surface area contributed by atoms with Crippen molar-refractivity contribution in [3.8, 4) is 34.0 Å². The van der Waals surface area contributed by atoms with Gasteiger partial charge in [0.2, 0.25) is 0 Å². The van der Waals surface area contributed by atoms with Crippen LogP contribution in [0.5, 0.6) is 5.75 Å². The summed E-state index contributed by atoms with van der Waals surface area (Å²) in [4.78, 5) is 17.4. The Hall–Kier alpha value is -4.10. The quantitative estimate of drug-likeness (QED) is 0.287. The number of carbonyl (C=O) groups is 1. The molecule has 0 unspecified atom stereocenters. The van der Waals surface area contributed by atoms with Crippen molar-refractivity contribution in [2.75, 3.05) is 40.3 Å². The second-order valence-electron chi connectivity index (χ2n) is 10.1. The second-order valence-corrected chi connectivity index (χ2v) is 10.1. The van der Waals surface area contributed by atoms with Gasteiger partial charge in [-0.05, 0) is 74.0 Å². The van der Waals surface area contributed by atoms with E-state index in [0.29, 0.717) is 24.5 Å². The maximum absolute atomic E-state index is 13.3. The smallest absolute Gasteiger partial charge is 0.297 e. The summed E-state index contributed by atoms with van der Waals surface area (Å²) in [6.45, 7) is 9.21. The highest BCUT2D eigenvalue weighted by molar-refractivity contribution is 5.95. The zero-order chi connectivity index (χ0) is 27.0. The fourth-order valence-corrected chi connectivity index (χ4v) is 5.39. The van der Waals surface area contributed by atoms with Gasteiger partial charge in [-0.15, -0.1) is 0 Å². The Kier molecular flexibility index (Phi) is 6.95. The van der Waals surface area contributed by atoms with Gasteiger partial charge in [0, 0.05) is 44.2 Å². The van der Waals surface area contributed by atoms with Crippen LogP contribution in [0.2, 0.25) is 0 Å². The average Bonchev–Trinajstić information content (AvgIpc) is 3.22. The minimum atomic E-state index is 0.0167. The third-order valence-corrected chi connectivity index (χ3v) is 7.43. The lowest BCUT2D eigenvalue weighted by Gasteiger charge is -2.32. The molecule has 1 saturated heterocycles. The number of amides is 1. The number of methoxy groups -OCH3 is 1. The molecule has 5 rings (SSSR count). The number of nitrogens with zero attached hydrogens (tertiary/aromatic N) is 4. The molecule has 0 bridgehead atoms. The summed E-state index contributed by atoms with van der Waals surface area (Å²) < 4.78 is 8.54. The van der Waals surface area contributed by atoms with Crippen molar-refractivity contribution < 1.29 is 14.3 Å². The minimum absolute atomic E-state index is 0.0167. The maximum Gasteiger partial charge on any atom is 0.297 e. The molecular formula is C31H34N4O3. The molecule has 1 fully saturated rings. The van der Waals surface area contributed by atoms with Crippen molar-refractivity contribution in [2.45, 2.75) is 20.8 Å². The van der Waals surface area contributed by atoms with E-state index in [2.05, 4.69) is 37.9 Å². The van der Waals surface area contributed by atoms with Crippen molar-refractivity contribution in [2.24, 2.45) is 0 Å². The zero-order valence-electron chi connectivity index (χ0n) is 22.7. The molecule has 1 amide bonds. The van der Waals surface area contributed by atoms with Crippen molar-refractivity contribution >= 4 is 5.91 Å². The summed E-state index contributed by atoms with van der Waals surface area (Å²) in [7, 11) is 3.73. The Morgan fingerprint density at radius 3 is 2.29 bits per heavy atom. The van der Waals surface area contributed by atoms with Crippen LogP contribution in [0.3, 0.4) is 0 Å². The number of piperazine rings is 1. The summed E-state index contributed by atoms with van der Waals surface area (Å²) in [5.41, 5.74) is 7.24. The van der Waals surface area contributed by atoms with Gasteiger partial charge in [0.05, 0.1) is 12.7 Å². The lowest BCUT2D eigenvalue weighted by molar-refractivity contribution is -0.592. The Bertz CT molecular complexity index is 1480. The highest BCUT2D eigenvalue weighted by atomic mass is 16.5. The lowest BCUT2D eigenvalue weighted by Crippen LogP contribution is -2.47. The monoisotopic (exact) mass is 510 g/mol. The molecule has 0 atom stereocenters. The highest BCUT2D eigenvalue weighted by Crippen LogP contribution is 2.38. The fraction of sp³-hybridized carbons (Fsp3) is 0.290. The molecule has 0 aliphatic carbocycles. The molecular weight excluding hydrogens is 476 g/mol. The molecule has 4 aromatic rings. The van der Waals surface area contributed by atoms with E-state index < -0.39 is 0 Å². The number of aryl methyl sites for hydroxylation is 3. The Morgan fingerprint density at radius 1 is 0.921 bits per heavy atom. The molecule has 7 heteroatoms. The van der Waals surface area contributed by atoms with Gasteiger partial charge in [0.15, 0.2) is 0 Å². The van der Waals surface area contributed by atoms with Crippen LogP contribution in [0.1, 0.15) is 27.2 Å². The summed E-state index contributed by atoms with van der Waals surface area (Å²) in [6.07, 6.45) is 1.58. The van der Waals surface area contributed by atoms with Crippen molar-refractivity contribution in [3.05, 3.63) is 94.5 Å². The molecule has 1 aromatic heterocycles. The predicted molar refractivity (Wildman–Crippen MR) is 150 cm³/mol. The Balaban J connectivity index is 1.60. The first-order chi connectivity index (χ1) is 18.3. The molecule has 2 heterocycles. The molecule has 0 radical (unpaired) electrons. The minimum Gasteiger partial charge on any atom is -0.710 e.